The Morgan fingerprint density at radius 1 is 1.29 bits per heavy atom. The predicted molar refractivity (Wildman–Crippen MR) is 90.8 cm³/mol. The van der Waals surface area contributed by atoms with Gasteiger partial charge in [0.1, 0.15) is 6.04 Å². The summed E-state index contributed by atoms with van der Waals surface area (Å²) in [5.74, 6) is -0.928. The molecule has 1 aromatic carbocycles. The molecule has 0 aliphatic carbocycles. The van der Waals surface area contributed by atoms with Crippen LogP contribution in [-0.4, -0.2) is 28.6 Å². The van der Waals surface area contributed by atoms with Crippen LogP contribution in [0, 0.1) is 10.1 Å². The summed E-state index contributed by atoms with van der Waals surface area (Å²) in [5, 5.41) is 20.2. The zero-order valence-electron chi connectivity index (χ0n) is 14.1. The van der Waals surface area contributed by atoms with Gasteiger partial charge in [-0.3, -0.25) is 14.9 Å². The fourth-order valence-electron chi connectivity index (χ4n) is 2.34. The van der Waals surface area contributed by atoms with Crippen molar-refractivity contribution < 1.29 is 19.6 Å². The number of hydrogen-bond donors (Lipinski definition) is 2. The summed E-state index contributed by atoms with van der Waals surface area (Å²) in [7, 11) is 0. The average molecular weight is 338 g/mol. The number of esters is 1. The lowest BCUT2D eigenvalue weighted by Crippen LogP contribution is -2.34. The van der Waals surface area contributed by atoms with E-state index in [2.05, 4.69) is 6.92 Å². The summed E-state index contributed by atoms with van der Waals surface area (Å²) in [6, 6.07) is 3.07. The molecule has 0 aliphatic rings. The minimum Gasteiger partial charge on any atom is -0.502 e. The molecular weight excluding hydrogens is 312 g/mol. The van der Waals surface area contributed by atoms with Crippen LogP contribution in [0.25, 0.3) is 0 Å². The molecule has 24 heavy (non-hydrogen) atoms. The van der Waals surface area contributed by atoms with Crippen molar-refractivity contribution in [3.63, 3.8) is 0 Å². The Hall–Kier alpha value is -2.15. The van der Waals surface area contributed by atoms with Crippen LogP contribution < -0.4 is 5.73 Å². The Kier molecular flexibility index (Phi) is 8.78. The number of phenols is 1. The van der Waals surface area contributed by atoms with Crippen molar-refractivity contribution in [2.75, 3.05) is 6.61 Å². The van der Waals surface area contributed by atoms with Crippen molar-refractivity contribution >= 4 is 11.7 Å². The number of carbonyl (C=O) groups excluding carboxylic acids is 1. The Morgan fingerprint density at radius 2 is 1.96 bits per heavy atom. The van der Waals surface area contributed by atoms with E-state index in [-0.39, 0.29) is 6.42 Å². The highest BCUT2D eigenvalue weighted by atomic mass is 16.6. The Bertz CT molecular complexity index is 548. The lowest BCUT2D eigenvalue weighted by atomic mass is 10.1. The third kappa shape index (κ3) is 6.95. The summed E-state index contributed by atoms with van der Waals surface area (Å²) >= 11 is 0. The summed E-state index contributed by atoms with van der Waals surface area (Å²) < 4.78 is 5.14. The number of unbranched alkanes of at least 4 members (excludes halogenated alkanes) is 5. The third-order valence-electron chi connectivity index (χ3n) is 3.74. The van der Waals surface area contributed by atoms with E-state index in [1.165, 1.54) is 37.5 Å². The first kappa shape index (κ1) is 19.9. The molecule has 0 fully saturated rings. The SMILES string of the molecule is CCCCCCCCOC(=O)C(N)Cc1ccc(O)c([N+](=O)[O-])c1. The van der Waals surface area contributed by atoms with Crippen LogP contribution in [0.3, 0.4) is 0 Å². The molecule has 1 rings (SSSR count). The number of benzene rings is 1. The maximum absolute atomic E-state index is 11.8. The molecule has 0 heterocycles. The van der Waals surface area contributed by atoms with Crippen LogP contribution in [0.5, 0.6) is 5.75 Å². The van der Waals surface area contributed by atoms with E-state index in [0.717, 1.165) is 19.3 Å². The lowest BCUT2D eigenvalue weighted by Gasteiger charge is -2.12. The van der Waals surface area contributed by atoms with Crippen molar-refractivity contribution in [3.8, 4) is 5.75 Å². The van der Waals surface area contributed by atoms with Crippen molar-refractivity contribution in [2.24, 2.45) is 5.73 Å². The van der Waals surface area contributed by atoms with Crippen LogP contribution in [0.1, 0.15) is 51.0 Å². The van der Waals surface area contributed by atoms with Crippen molar-refractivity contribution in [3.05, 3.63) is 33.9 Å². The van der Waals surface area contributed by atoms with E-state index in [4.69, 9.17) is 10.5 Å². The van der Waals surface area contributed by atoms with Crippen LogP contribution in [0.4, 0.5) is 5.69 Å². The number of hydrogen-bond acceptors (Lipinski definition) is 6. The maximum atomic E-state index is 11.8. The molecule has 1 unspecified atom stereocenters. The highest BCUT2D eigenvalue weighted by molar-refractivity contribution is 5.76. The van der Waals surface area contributed by atoms with Gasteiger partial charge in [-0.1, -0.05) is 45.1 Å². The second kappa shape index (κ2) is 10.6. The highest BCUT2D eigenvalue weighted by Crippen LogP contribution is 2.26. The Morgan fingerprint density at radius 3 is 2.62 bits per heavy atom. The van der Waals surface area contributed by atoms with Gasteiger partial charge in [0.05, 0.1) is 11.5 Å². The molecule has 1 atom stereocenters. The third-order valence-corrected chi connectivity index (χ3v) is 3.74. The Balaban J connectivity index is 2.36. The number of aromatic hydroxyl groups is 1. The van der Waals surface area contributed by atoms with E-state index in [9.17, 15) is 20.0 Å². The summed E-state index contributed by atoms with van der Waals surface area (Å²) in [6.45, 7) is 2.50. The van der Waals surface area contributed by atoms with Gasteiger partial charge in [-0.25, -0.2) is 0 Å². The number of nitro benzene ring substituents is 1. The maximum Gasteiger partial charge on any atom is 0.323 e. The molecule has 3 N–H and O–H groups in total. The minimum absolute atomic E-state index is 0.121. The topological polar surface area (TPSA) is 116 Å². The van der Waals surface area contributed by atoms with Gasteiger partial charge in [0.15, 0.2) is 5.75 Å². The quantitative estimate of drug-likeness (QED) is 0.277. The van der Waals surface area contributed by atoms with E-state index in [1.54, 1.807) is 0 Å². The number of nitrogens with two attached hydrogens (primary N) is 1. The van der Waals surface area contributed by atoms with E-state index < -0.39 is 28.4 Å². The van der Waals surface area contributed by atoms with Gasteiger partial charge < -0.3 is 15.6 Å². The largest absolute Gasteiger partial charge is 0.502 e. The smallest absolute Gasteiger partial charge is 0.323 e. The van der Waals surface area contributed by atoms with Crippen LogP contribution >= 0.6 is 0 Å². The number of nitro groups is 1. The molecule has 0 aliphatic heterocycles. The second-order valence-corrected chi connectivity index (χ2v) is 5.83. The number of nitrogens with zero attached hydrogens (tertiary/aromatic N) is 1. The average Bonchev–Trinajstić information content (AvgIpc) is 2.55. The molecule has 0 amide bonds. The molecule has 0 bridgehead atoms. The van der Waals surface area contributed by atoms with Gasteiger partial charge in [-0.2, -0.15) is 0 Å². The number of carbonyl (C=O) groups is 1. The molecule has 0 spiro atoms. The second-order valence-electron chi connectivity index (χ2n) is 5.83. The number of phenolic OH excluding ortho intramolecular Hbond substituents is 1. The minimum atomic E-state index is -0.880. The summed E-state index contributed by atoms with van der Waals surface area (Å²) in [6.07, 6.45) is 6.71. The monoisotopic (exact) mass is 338 g/mol. The van der Waals surface area contributed by atoms with E-state index in [0.29, 0.717) is 12.2 Å². The van der Waals surface area contributed by atoms with Gasteiger partial charge in [0.25, 0.3) is 0 Å². The van der Waals surface area contributed by atoms with Gasteiger partial charge in [-0.15, -0.1) is 0 Å². The summed E-state index contributed by atoms with van der Waals surface area (Å²) in [5.41, 5.74) is 5.89. The molecule has 0 saturated heterocycles. The van der Waals surface area contributed by atoms with Crippen LogP contribution in [0.15, 0.2) is 18.2 Å². The van der Waals surface area contributed by atoms with Gasteiger partial charge >= 0.3 is 11.7 Å². The molecule has 7 nitrogen and oxygen atoms in total. The zero-order chi connectivity index (χ0) is 17.9. The van der Waals surface area contributed by atoms with Gasteiger partial charge in [-0.05, 0) is 24.5 Å². The first-order valence-corrected chi connectivity index (χ1v) is 8.34. The predicted octanol–water partition coefficient (Wildman–Crippen LogP) is 3.07. The van der Waals surface area contributed by atoms with Crippen molar-refractivity contribution in [1.82, 2.24) is 0 Å². The zero-order valence-corrected chi connectivity index (χ0v) is 14.1. The number of rotatable bonds is 11. The van der Waals surface area contributed by atoms with Gasteiger partial charge in [0, 0.05) is 6.07 Å². The summed E-state index contributed by atoms with van der Waals surface area (Å²) in [4.78, 5) is 21.9. The molecule has 1 aromatic rings. The molecule has 7 heteroatoms. The van der Waals surface area contributed by atoms with Crippen LogP contribution in [0.2, 0.25) is 0 Å². The van der Waals surface area contributed by atoms with E-state index >= 15 is 0 Å². The molecule has 0 radical (unpaired) electrons. The standard InChI is InChI=1S/C17H26N2O5/c1-2-3-4-5-6-7-10-24-17(21)14(18)11-13-8-9-16(20)15(12-13)19(22)23/h8-9,12,14,20H,2-7,10-11,18H2,1H3. The highest BCUT2D eigenvalue weighted by Gasteiger charge is 2.19. The first-order chi connectivity index (χ1) is 11.5. The fourth-order valence-corrected chi connectivity index (χ4v) is 2.34. The van der Waals surface area contributed by atoms with Crippen molar-refractivity contribution in [2.45, 2.75) is 57.9 Å². The lowest BCUT2D eigenvalue weighted by molar-refractivity contribution is -0.385. The normalized spacial score (nSPS) is 11.9. The van der Waals surface area contributed by atoms with E-state index in [1.807, 2.05) is 0 Å². The fraction of sp³-hybridized carbons (Fsp3) is 0.588. The van der Waals surface area contributed by atoms with Crippen LogP contribution in [-0.2, 0) is 16.0 Å². The molecule has 134 valence electrons. The molecule has 0 aromatic heterocycles. The number of ether oxygens (including phenoxy) is 1. The molecule has 0 saturated carbocycles. The Labute approximate surface area is 142 Å². The van der Waals surface area contributed by atoms with Gasteiger partial charge in [0.2, 0.25) is 0 Å². The first-order valence-electron chi connectivity index (χ1n) is 8.34. The van der Waals surface area contributed by atoms with Crippen molar-refractivity contribution in [1.29, 1.82) is 0 Å². The molecular formula is C17H26N2O5.